The van der Waals surface area contributed by atoms with Crippen LogP contribution >= 0.6 is 23.5 Å². The van der Waals surface area contributed by atoms with Crippen LogP contribution in [0.5, 0.6) is 0 Å². The highest BCUT2D eigenvalue weighted by Gasteiger charge is 2.10. The molecule has 0 bridgehead atoms. The first kappa shape index (κ1) is 10.2. The monoisotopic (exact) mass is 202 g/mol. The minimum absolute atomic E-state index is 0.285. The smallest absolute Gasteiger partial charge is 0.130 e. The number of Topliss-reactive ketones (excluding diaryl/α,β-unsaturated/α-hetero) is 1. The number of thioether (sulfide) groups is 2. The van der Waals surface area contributed by atoms with Crippen LogP contribution in [0.2, 0.25) is 0 Å². The van der Waals surface area contributed by atoms with Crippen LogP contribution in [0.4, 0.5) is 0 Å². The van der Waals surface area contributed by atoms with E-state index in [2.05, 4.69) is 13.0 Å². The molecular weight excluding hydrogens is 188 g/mol. The van der Waals surface area contributed by atoms with Crippen LogP contribution < -0.4 is 0 Å². The first-order chi connectivity index (χ1) is 5.68. The Labute approximate surface area is 82.4 Å². The summed E-state index contributed by atoms with van der Waals surface area (Å²) in [6.07, 6.45) is 2.91. The van der Waals surface area contributed by atoms with E-state index in [4.69, 9.17) is 0 Å². The number of hydrogen-bond donors (Lipinski definition) is 0. The predicted octanol–water partition coefficient (Wildman–Crippen LogP) is 2.92. The molecule has 3 heteroatoms. The van der Waals surface area contributed by atoms with Gasteiger partial charge in [-0.1, -0.05) is 13.0 Å². The Morgan fingerprint density at radius 1 is 1.58 bits per heavy atom. The minimum atomic E-state index is 0.285. The van der Waals surface area contributed by atoms with Crippen LogP contribution in [-0.2, 0) is 4.79 Å². The summed E-state index contributed by atoms with van der Waals surface area (Å²) in [6, 6.07) is 0. The number of carbonyl (C=O) groups is 1. The van der Waals surface area contributed by atoms with Crippen molar-refractivity contribution >= 4 is 29.3 Å². The van der Waals surface area contributed by atoms with Crippen LogP contribution in [0, 0.1) is 5.92 Å². The molecule has 0 amide bonds. The van der Waals surface area contributed by atoms with Crippen molar-refractivity contribution in [2.24, 2.45) is 5.92 Å². The fourth-order valence-electron chi connectivity index (χ4n) is 1.17. The molecule has 68 valence electrons. The lowest BCUT2D eigenvalue weighted by Crippen LogP contribution is -1.98. The van der Waals surface area contributed by atoms with Crippen molar-refractivity contribution in [3.05, 3.63) is 10.3 Å². The first-order valence-electron chi connectivity index (χ1n) is 4.15. The second-order valence-electron chi connectivity index (χ2n) is 3.07. The van der Waals surface area contributed by atoms with Crippen LogP contribution in [0.15, 0.2) is 10.3 Å². The predicted molar refractivity (Wildman–Crippen MR) is 57.5 cm³/mol. The van der Waals surface area contributed by atoms with E-state index in [0.717, 1.165) is 0 Å². The summed E-state index contributed by atoms with van der Waals surface area (Å²) in [7, 11) is 0. The van der Waals surface area contributed by atoms with Gasteiger partial charge in [-0.05, 0) is 12.8 Å². The zero-order valence-electron chi connectivity index (χ0n) is 7.50. The van der Waals surface area contributed by atoms with Gasteiger partial charge in [0.2, 0.25) is 0 Å². The third-order valence-corrected chi connectivity index (χ3v) is 4.23. The van der Waals surface area contributed by atoms with Gasteiger partial charge in [0.05, 0.1) is 0 Å². The molecule has 0 aromatic carbocycles. The van der Waals surface area contributed by atoms with Crippen LogP contribution in [0.25, 0.3) is 0 Å². The lowest BCUT2D eigenvalue weighted by Gasteiger charge is -2.03. The lowest BCUT2D eigenvalue weighted by molar-refractivity contribution is -0.117. The number of carbonyl (C=O) groups excluding carboxylic acids is 1. The number of hydrogen-bond acceptors (Lipinski definition) is 3. The van der Waals surface area contributed by atoms with Crippen molar-refractivity contribution in [3.63, 3.8) is 0 Å². The molecular formula is C9H14OS2. The van der Waals surface area contributed by atoms with Crippen molar-refractivity contribution in [1.29, 1.82) is 0 Å². The van der Waals surface area contributed by atoms with Crippen LogP contribution in [0.3, 0.4) is 0 Å². The Morgan fingerprint density at radius 2 is 2.17 bits per heavy atom. The van der Waals surface area contributed by atoms with E-state index in [1.165, 1.54) is 15.7 Å². The molecule has 1 rings (SSSR count). The van der Waals surface area contributed by atoms with E-state index in [9.17, 15) is 4.79 Å². The zero-order chi connectivity index (χ0) is 8.97. The fourth-order valence-corrected chi connectivity index (χ4v) is 3.73. The summed E-state index contributed by atoms with van der Waals surface area (Å²) in [5.41, 5.74) is 0. The van der Waals surface area contributed by atoms with E-state index in [1.807, 2.05) is 23.5 Å². The standard InChI is InChI=1S/C9H14OS2/c1-7(5-8(2)10)6-9-11-3-4-12-9/h6-7H,3-5H2,1-2H3. The molecule has 1 aliphatic rings. The molecule has 1 heterocycles. The molecule has 0 aromatic rings. The molecule has 1 fully saturated rings. The molecule has 12 heavy (non-hydrogen) atoms. The van der Waals surface area contributed by atoms with Gasteiger partial charge in [0.15, 0.2) is 0 Å². The second-order valence-corrected chi connectivity index (χ2v) is 5.60. The molecule has 1 atom stereocenters. The maximum Gasteiger partial charge on any atom is 0.130 e. The molecule has 0 radical (unpaired) electrons. The Hall–Kier alpha value is 0.110. The fraction of sp³-hybridized carbons (Fsp3) is 0.667. The summed E-state index contributed by atoms with van der Waals surface area (Å²) in [5, 5.41) is 0. The van der Waals surface area contributed by atoms with E-state index in [-0.39, 0.29) is 5.78 Å². The van der Waals surface area contributed by atoms with Crippen molar-refractivity contribution in [1.82, 2.24) is 0 Å². The molecule has 0 aliphatic carbocycles. The average molecular weight is 202 g/mol. The number of ketones is 1. The largest absolute Gasteiger partial charge is 0.300 e. The normalized spacial score (nSPS) is 19.3. The Balaban J connectivity index is 2.37. The summed E-state index contributed by atoms with van der Waals surface area (Å²) in [5.74, 6) is 3.15. The Bertz CT molecular complexity index is 191. The van der Waals surface area contributed by atoms with Gasteiger partial charge in [-0.25, -0.2) is 0 Å². The number of allylic oxidation sites excluding steroid dienone is 1. The third kappa shape index (κ3) is 3.68. The van der Waals surface area contributed by atoms with Crippen molar-refractivity contribution in [2.45, 2.75) is 20.3 Å². The summed E-state index contributed by atoms with van der Waals surface area (Å²) < 4.78 is 1.41. The second kappa shape index (κ2) is 4.97. The van der Waals surface area contributed by atoms with Gasteiger partial charge in [0.25, 0.3) is 0 Å². The SMILES string of the molecule is CC(=O)CC(C)C=C1SCCS1. The zero-order valence-corrected chi connectivity index (χ0v) is 9.13. The molecule has 1 saturated heterocycles. The summed E-state index contributed by atoms with van der Waals surface area (Å²) >= 11 is 3.82. The van der Waals surface area contributed by atoms with E-state index < -0.39 is 0 Å². The molecule has 0 aromatic heterocycles. The highest BCUT2D eigenvalue weighted by Crippen LogP contribution is 2.37. The highest BCUT2D eigenvalue weighted by atomic mass is 32.2. The van der Waals surface area contributed by atoms with Gasteiger partial charge in [-0.3, -0.25) is 0 Å². The first-order valence-corrected chi connectivity index (χ1v) is 6.12. The maximum atomic E-state index is 10.8. The molecule has 1 unspecified atom stereocenters. The van der Waals surface area contributed by atoms with Crippen LogP contribution in [0.1, 0.15) is 20.3 Å². The van der Waals surface area contributed by atoms with Gasteiger partial charge in [-0.15, -0.1) is 23.5 Å². The molecule has 1 aliphatic heterocycles. The molecule has 1 nitrogen and oxygen atoms in total. The number of rotatable bonds is 3. The topological polar surface area (TPSA) is 17.1 Å². The summed E-state index contributed by atoms with van der Waals surface area (Å²) in [6.45, 7) is 3.76. The quantitative estimate of drug-likeness (QED) is 0.700. The van der Waals surface area contributed by atoms with Crippen molar-refractivity contribution in [3.8, 4) is 0 Å². The molecule has 0 N–H and O–H groups in total. The molecule has 0 saturated carbocycles. The van der Waals surface area contributed by atoms with E-state index in [0.29, 0.717) is 12.3 Å². The van der Waals surface area contributed by atoms with Crippen molar-refractivity contribution in [2.75, 3.05) is 11.5 Å². The molecule has 0 spiro atoms. The van der Waals surface area contributed by atoms with Gasteiger partial charge in [0.1, 0.15) is 5.78 Å². The van der Waals surface area contributed by atoms with Gasteiger partial charge < -0.3 is 4.79 Å². The maximum absolute atomic E-state index is 10.8. The summed E-state index contributed by atoms with van der Waals surface area (Å²) in [4.78, 5) is 10.8. The van der Waals surface area contributed by atoms with Gasteiger partial charge >= 0.3 is 0 Å². The Kier molecular flexibility index (Phi) is 4.22. The Morgan fingerprint density at radius 3 is 2.67 bits per heavy atom. The van der Waals surface area contributed by atoms with E-state index in [1.54, 1.807) is 6.92 Å². The highest BCUT2D eigenvalue weighted by molar-refractivity contribution is 8.25. The van der Waals surface area contributed by atoms with Crippen molar-refractivity contribution < 1.29 is 4.79 Å². The lowest BCUT2D eigenvalue weighted by atomic mass is 10.1. The van der Waals surface area contributed by atoms with Gasteiger partial charge in [0, 0.05) is 22.2 Å². The van der Waals surface area contributed by atoms with Crippen LogP contribution in [-0.4, -0.2) is 17.3 Å². The van der Waals surface area contributed by atoms with Gasteiger partial charge in [-0.2, -0.15) is 0 Å². The van der Waals surface area contributed by atoms with E-state index >= 15 is 0 Å². The minimum Gasteiger partial charge on any atom is -0.300 e. The third-order valence-electron chi connectivity index (χ3n) is 1.60. The average Bonchev–Trinajstić information content (AvgIpc) is 2.37.